The molecule has 2 aromatic carbocycles. The summed E-state index contributed by atoms with van der Waals surface area (Å²) in [5.74, 6) is -0.737. The summed E-state index contributed by atoms with van der Waals surface area (Å²) in [5.41, 5.74) is 0.863. The van der Waals surface area contributed by atoms with Crippen LogP contribution in [-0.2, 0) is 14.3 Å². The lowest BCUT2D eigenvalue weighted by Crippen LogP contribution is -2.20. The first-order valence-corrected chi connectivity index (χ1v) is 8.10. The number of para-hydroxylation sites is 2. The first kappa shape index (κ1) is 19.6. The van der Waals surface area contributed by atoms with Gasteiger partial charge in [0.1, 0.15) is 5.75 Å². The Morgan fingerprint density at radius 3 is 2.70 bits per heavy atom. The van der Waals surface area contributed by atoms with Gasteiger partial charge in [0, 0.05) is 18.2 Å². The normalized spacial score (nSPS) is 10.4. The lowest BCUT2D eigenvalue weighted by Gasteiger charge is -2.11. The smallest absolute Gasteiger partial charge is 0.331 e. The minimum Gasteiger partial charge on any atom is -0.492 e. The molecular weight excluding hydrogens is 352 g/mol. The third-order valence-corrected chi connectivity index (χ3v) is 3.30. The van der Waals surface area contributed by atoms with Gasteiger partial charge in [0.2, 0.25) is 0 Å². The summed E-state index contributed by atoms with van der Waals surface area (Å²) in [4.78, 5) is 33.8. The zero-order valence-electron chi connectivity index (χ0n) is 14.6. The number of esters is 1. The van der Waals surface area contributed by atoms with Crippen molar-refractivity contribution in [2.24, 2.45) is 0 Å². The van der Waals surface area contributed by atoms with Gasteiger partial charge >= 0.3 is 5.97 Å². The van der Waals surface area contributed by atoms with Crippen molar-refractivity contribution < 1.29 is 24.0 Å². The number of nitrogens with zero attached hydrogens (tertiary/aromatic N) is 1. The fraction of sp³-hybridized carbons (Fsp3) is 0.158. The van der Waals surface area contributed by atoms with E-state index >= 15 is 0 Å². The second-order valence-corrected chi connectivity index (χ2v) is 5.27. The number of rotatable bonds is 8. The Morgan fingerprint density at radius 2 is 1.96 bits per heavy atom. The van der Waals surface area contributed by atoms with Crippen LogP contribution in [0.5, 0.6) is 5.75 Å². The maximum absolute atomic E-state index is 11.9. The molecule has 8 nitrogen and oxygen atoms in total. The van der Waals surface area contributed by atoms with Crippen molar-refractivity contribution in [1.82, 2.24) is 0 Å². The number of nitrogens with one attached hydrogen (secondary N) is 1. The summed E-state index contributed by atoms with van der Waals surface area (Å²) in [6.45, 7) is 1.80. The minimum atomic E-state index is -0.741. The zero-order chi connectivity index (χ0) is 19.6. The van der Waals surface area contributed by atoms with Crippen LogP contribution in [-0.4, -0.2) is 30.0 Å². The average molecular weight is 370 g/mol. The van der Waals surface area contributed by atoms with Crippen molar-refractivity contribution in [3.8, 4) is 5.75 Å². The van der Waals surface area contributed by atoms with Gasteiger partial charge in [-0.1, -0.05) is 24.3 Å². The molecule has 1 N–H and O–H groups in total. The predicted octanol–water partition coefficient (Wildman–Crippen LogP) is 3.19. The molecule has 0 saturated carbocycles. The first-order chi connectivity index (χ1) is 13.0. The van der Waals surface area contributed by atoms with E-state index in [4.69, 9.17) is 9.47 Å². The molecule has 0 radical (unpaired) electrons. The van der Waals surface area contributed by atoms with Crippen LogP contribution in [0.25, 0.3) is 6.08 Å². The number of ether oxygens (including phenoxy) is 2. The Bertz CT molecular complexity index is 863. The Balaban J connectivity index is 1.87. The second kappa shape index (κ2) is 9.71. The second-order valence-electron chi connectivity index (χ2n) is 5.27. The highest BCUT2D eigenvalue weighted by atomic mass is 16.6. The molecule has 0 aliphatic heterocycles. The number of non-ortho nitro benzene ring substituents is 1. The predicted molar refractivity (Wildman–Crippen MR) is 99.3 cm³/mol. The Hall–Kier alpha value is -3.68. The number of carbonyl (C=O) groups is 2. The van der Waals surface area contributed by atoms with Gasteiger partial charge in [-0.25, -0.2) is 4.79 Å². The van der Waals surface area contributed by atoms with E-state index < -0.39 is 23.4 Å². The molecule has 0 aromatic heterocycles. The van der Waals surface area contributed by atoms with Crippen LogP contribution < -0.4 is 10.1 Å². The Morgan fingerprint density at radius 1 is 1.19 bits per heavy atom. The van der Waals surface area contributed by atoms with Crippen molar-refractivity contribution in [3.05, 3.63) is 70.3 Å². The van der Waals surface area contributed by atoms with E-state index in [-0.39, 0.29) is 5.69 Å². The molecule has 0 fully saturated rings. The summed E-state index contributed by atoms with van der Waals surface area (Å²) >= 11 is 0. The number of carbonyl (C=O) groups excluding carboxylic acids is 2. The number of benzene rings is 2. The molecule has 0 atom stereocenters. The van der Waals surface area contributed by atoms with Crippen LogP contribution >= 0.6 is 0 Å². The molecule has 0 spiro atoms. The first-order valence-electron chi connectivity index (χ1n) is 8.10. The number of hydrogen-bond donors (Lipinski definition) is 1. The van der Waals surface area contributed by atoms with E-state index in [0.29, 0.717) is 23.6 Å². The molecule has 0 unspecified atom stereocenters. The van der Waals surface area contributed by atoms with E-state index in [0.717, 1.165) is 6.08 Å². The van der Waals surface area contributed by atoms with E-state index in [1.54, 1.807) is 30.3 Å². The van der Waals surface area contributed by atoms with E-state index in [9.17, 15) is 19.7 Å². The van der Waals surface area contributed by atoms with Gasteiger partial charge < -0.3 is 14.8 Å². The number of nitro benzene ring substituents is 1. The van der Waals surface area contributed by atoms with Crippen LogP contribution in [0.2, 0.25) is 0 Å². The van der Waals surface area contributed by atoms with E-state index in [2.05, 4.69) is 5.32 Å². The van der Waals surface area contributed by atoms with Gasteiger partial charge in [0.05, 0.1) is 17.2 Å². The topological polar surface area (TPSA) is 108 Å². The van der Waals surface area contributed by atoms with Gasteiger partial charge in [0.15, 0.2) is 6.61 Å². The number of nitro groups is 1. The van der Waals surface area contributed by atoms with Crippen molar-refractivity contribution in [3.63, 3.8) is 0 Å². The maximum Gasteiger partial charge on any atom is 0.331 e. The monoisotopic (exact) mass is 370 g/mol. The lowest BCUT2D eigenvalue weighted by atomic mass is 10.2. The molecule has 27 heavy (non-hydrogen) atoms. The highest BCUT2D eigenvalue weighted by Gasteiger charge is 2.09. The van der Waals surface area contributed by atoms with Gasteiger partial charge in [-0.2, -0.15) is 0 Å². The third kappa shape index (κ3) is 6.28. The minimum absolute atomic E-state index is 0.0853. The van der Waals surface area contributed by atoms with Crippen LogP contribution in [0.15, 0.2) is 54.6 Å². The number of hydrogen-bond acceptors (Lipinski definition) is 6. The summed E-state index contributed by atoms with van der Waals surface area (Å²) < 4.78 is 10.3. The van der Waals surface area contributed by atoms with Crippen molar-refractivity contribution >= 4 is 29.3 Å². The van der Waals surface area contributed by atoms with Crippen molar-refractivity contribution in [2.75, 3.05) is 18.5 Å². The molecule has 0 aliphatic rings. The lowest BCUT2D eigenvalue weighted by molar-refractivity contribution is -0.384. The fourth-order valence-corrected chi connectivity index (χ4v) is 2.13. The average Bonchev–Trinajstić information content (AvgIpc) is 2.66. The maximum atomic E-state index is 11.9. The Kier molecular flexibility index (Phi) is 7.07. The summed E-state index contributed by atoms with van der Waals surface area (Å²) in [6, 6.07) is 12.7. The standard InChI is InChI=1S/C19H18N2O6/c1-2-26-17-9-4-3-8-16(17)20-18(22)13-27-19(23)11-10-14-6-5-7-15(12-14)21(24)25/h3-12H,2,13H2,1H3,(H,20,22)/b11-10+. The third-order valence-electron chi connectivity index (χ3n) is 3.30. The summed E-state index contributed by atoms with van der Waals surface area (Å²) in [6.07, 6.45) is 2.47. The highest BCUT2D eigenvalue weighted by Crippen LogP contribution is 2.23. The van der Waals surface area contributed by atoms with Crippen LogP contribution in [0.1, 0.15) is 12.5 Å². The molecule has 0 bridgehead atoms. The molecule has 2 aromatic rings. The van der Waals surface area contributed by atoms with Gasteiger partial charge in [-0.3, -0.25) is 14.9 Å². The van der Waals surface area contributed by atoms with Crippen molar-refractivity contribution in [2.45, 2.75) is 6.92 Å². The van der Waals surface area contributed by atoms with E-state index in [1.807, 2.05) is 6.92 Å². The Labute approximate surface area is 155 Å². The summed E-state index contributed by atoms with van der Waals surface area (Å²) in [7, 11) is 0. The van der Waals surface area contributed by atoms with Gasteiger partial charge in [0.25, 0.3) is 11.6 Å². The highest BCUT2D eigenvalue weighted by molar-refractivity contribution is 5.95. The van der Waals surface area contributed by atoms with Crippen LogP contribution in [0.4, 0.5) is 11.4 Å². The SMILES string of the molecule is CCOc1ccccc1NC(=O)COC(=O)/C=C/c1cccc([N+](=O)[O-])c1. The molecule has 2 rings (SSSR count). The molecule has 0 heterocycles. The zero-order valence-corrected chi connectivity index (χ0v) is 14.6. The molecule has 0 saturated heterocycles. The molecule has 1 amide bonds. The fourth-order valence-electron chi connectivity index (χ4n) is 2.13. The molecule has 140 valence electrons. The van der Waals surface area contributed by atoms with Crippen LogP contribution in [0, 0.1) is 10.1 Å². The van der Waals surface area contributed by atoms with Crippen molar-refractivity contribution in [1.29, 1.82) is 0 Å². The molecule has 0 aliphatic carbocycles. The number of amides is 1. The van der Waals surface area contributed by atoms with Gasteiger partial charge in [-0.15, -0.1) is 0 Å². The van der Waals surface area contributed by atoms with E-state index in [1.165, 1.54) is 24.3 Å². The quantitative estimate of drug-likeness (QED) is 0.331. The largest absolute Gasteiger partial charge is 0.492 e. The molecule has 8 heteroatoms. The van der Waals surface area contributed by atoms with Crippen LogP contribution in [0.3, 0.4) is 0 Å². The summed E-state index contributed by atoms with van der Waals surface area (Å²) in [5, 5.41) is 13.3. The molecular formula is C19H18N2O6. The number of anilines is 1. The van der Waals surface area contributed by atoms with Gasteiger partial charge in [-0.05, 0) is 30.7 Å².